The van der Waals surface area contributed by atoms with Crippen LogP contribution in [0.4, 0.5) is 5.69 Å². The van der Waals surface area contributed by atoms with Crippen LogP contribution < -0.4 is 5.32 Å². The molecule has 1 unspecified atom stereocenters. The smallest absolute Gasteiger partial charge is 0.243 e. The minimum atomic E-state index is -3.60. The van der Waals surface area contributed by atoms with Crippen LogP contribution >= 0.6 is 11.3 Å². The molecule has 1 N–H and O–H groups in total. The van der Waals surface area contributed by atoms with Gasteiger partial charge in [0.15, 0.2) is 0 Å². The molecular weight excluding hydrogens is 360 g/mol. The fourth-order valence-electron chi connectivity index (χ4n) is 2.66. The Morgan fingerprint density at radius 1 is 1.36 bits per heavy atom. The van der Waals surface area contributed by atoms with E-state index in [1.165, 1.54) is 21.7 Å². The summed E-state index contributed by atoms with van der Waals surface area (Å²) in [4.78, 5) is 13.2. The lowest BCUT2D eigenvalue weighted by Gasteiger charge is -2.30. The van der Waals surface area contributed by atoms with Gasteiger partial charge >= 0.3 is 0 Å². The molecule has 1 aliphatic heterocycles. The second-order valence-corrected chi connectivity index (χ2v) is 8.85. The molecule has 2 heterocycles. The first-order valence-corrected chi connectivity index (χ1v) is 10.3. The van der Waals surface area contributed by atoms with Gasteiger partial charge in [-0.1, -0.05) is 12.1 Å². The first-order valence-electron chi connectivity index (χ1n) is 7.99. The van der Waals surface area contributed by atoms with Crippen LogP contribution in [0.1, 0.15) is 11.8 Å². The van der Waals surface area contributed by atoms with Crippen LogP contribution in [-0.4, -0.2) is 44.4 Å². The van der Waals surface area contributed by atoms with Gasteiger partial charge in [-0.3, -0.25) is 4.79 Å². The zero-order valence-corrected chi connectivity index (χ0v) is 15.5. The highest BCUT2D eigenvalue weighted by atomic mass is 32.2. The zero-order valence-electron chi connectivity index (χ0n) is 13.8. The van der Waals surface area contributed by atoms with Crippen molar-refractivity contribution in [3.63, 3.8) is 0 Å². The van der Waals surface area contributed by atoms with Crippen molar-refractivity contribution in [2.24, 2.45) is 0 Å². The standard InChI is InChI=1S/C17H20N2O4S2/c1-13-12-19(7-8-23-13)25(21,22)16-6-2-4-14(10-16)18-17(20)11-15-5-3-9-24-15/h2-6,9-10,13H,7-8,11-12H2,1H3,(H,18,20). The van der Waals surface area contributed by atoms with E-state index in [0.29, 0.717) is 25.4 Å². The Labute approximate surface area is 151 Å². The van der Waals surface area contributed by atoms with Crippen molar-refractivity contribution in [3.05, 3.63) is 46.7 Å². The maximum absolute atomic E-state index is 12.8. The summed E-state index contributed by atoms with van der Waals surface area (Å²) in [6.45, 7) is 2.90. The van der Waals surface area contributed by atoms with Crippen molar-refractivity contribution in [2.75, 3.05) is 25.0 Å². The lowest BCUT2D eigenvalue weighted by molar-refractivity contribution is -0.115. The lowest BCUT2D eigenvalue weighted by atomic mass is 10.3. The van der Waals surface area contributed by atoms with E-state index in [9.17, 15) is 13.2 Å². The monoisotopic (exact) mass is 380 g/mol. The number of amides is 1. The van der Waals surface area contributed by atoms with Gasteiger partial charge in [0.2, 0.25) is 15.9 Å². The van der Waals surface area contributed by atoms with Gasteiger partial charge in [0.1, 0.15) is 0 Å². The van der Waals surface area contributed by atoms with Crippen LogP contribution in [0.2, 0.25) is 0 Å². The number of sulfonamides is 1. The van der Waals surface area contributed by atoms with Crippen molar-refractivity contribution in [1.82, 2.24) is 4.31 Å². The Morgan fingerprint density at radius 3 is 2.92 bits per heavy atom. The molecule has 8 heteroatoms. The van der Waals surface area contributed by atoms with Crippen LogP contribution in [0.25, 0.3) is 0 Å². The van der Waals surface area contributed by atoms with E-state index in [0.717, 1.165) is 4.88 Å². The van der Waals surface area contributed by atoms with Gasteiger partial charge in [0, 0.05) is 23.7 Å². The SMILES string of the molecule is CC1CN(S(=O)(=O)c2cccc(NC(=O)Cc3cccs3)c2)CCO1. The quantitative estimate of drug-likeness (QED) is 0.864. The number of rotatable bonds is 5. The van der Waals surface area contributed by atoms with E-state index < -0.39 is 10.0 Å². The molecule has 1 fully saturated rings. The number of nitrogens with one attached hydrogen (secondary N) is 1. The first-order chi connectivity index (χ1) is 11.9. The predicted octanol–water partition coefficient (Wildman–Crippen LogP) is 2.34. The highest BCUT2D eigenvalue weighted by molar-refractivity contribution is 7.89. The van der Waals surface area contributed by atoms with Crippen LogP contribution in [0.3, 0.4) is 0 Å². The molecule has 1 aromatic carbocycles. The van der Waals surface area contributed by atoms with Crippen LogP contribution in [-0.2, 0) is 26.0 Å². The topological polar surface area (TPSA) is 75.7 Å². The highest BCUT2D eigenvalue weighted by Gasteiger charge is 2.29. The minimum Gasteiger partial charge on any atom is -0.376 e. The van der Waals surface area contributed by atoms with Gasteiger partial charge in [-0.05, 0) is 36.6 Å². The molecule has 1 aliphatic rings. The van der Waals surface area contributed by atoms with Crippen LogP contribution in [0.15, 0.2) is 46.7 Å². The summed E-state index contributed by atoms with van der Waals surface area (Å²) in [5.74, 6) is -0.169. The van der Waals surface area contributed by atoms with Gasteiger partial charge in [0.25, 0.3) is 0 Å². The summed E-state index contributed by atoms with van der Waals surface area (Å²) < 4.78 is 32.4. The molecule has 6 nitrogen and oxygen atoms in total. The largest absolute Gasteiger partial charge is 0.376 e. The molecule has 2 aromatic rings. The summed E-state index contributed by atoms with van der Waals surface area (Å²) in [5, 5.41) is 4.68. The average Bonchev–Trinajstić information content (AvgIpc) is 3.08. The minimum absolute atomic E-state index is 0.128. The normalized spacial score (nSPS) is 18.8. The number of anilines is 1. The third kappa shape index (κ3) is 4.46. The molecular formula is C17H20N2O4S2. The maximum Gasteiger partial charge on any atom is 0.243 e. The summed E-state index contributed by atoms with van der Waals surface area (Å²) in [6, 6.07) is 10.2. The van der Waals surface area contributed by atoms with Crippen molar-refractivity contribution < 1.29 is 17.9 Å². The average molecular weight is 380 g/mol. The Kier molecular flexibility index (Phi) is 5.53. The summed E-state index contributed by atoms with van der Waals surface area (Å²) >= 11 is 1.51. The Balaban J connectivity index is 1.73. The van der Waals surface area contributed by atoms with E-state index >= 15 is 0 Å². The zero-order chi connectivity index (χ0) is 17.9. The lowest BCUT2D eigenvalue weighted by Crippen LogP contribution is -2.44. The summed E-state index contributed by atoms with van der Waals surface area (Å²) in [6.07, 6.45) is 0.146. The van der Waals surface area contributed by atoms with E-state index in [2.05, 4.69) is 5.32 Å². The van der Waals surface area contributed by atoms with E-state index in [1.807, 2.05) is 24.4 Å². The van der Waals surface area contributed by atoms with Crippen molar-refractivity contribution in [3.8, 4) is 0 Å². The molecule has 134 valence electrons. The molecule has 1 aromatic heterocycles. The van der Waals surface area contributed by atoms with Crippen LogP contribution in [0.5, 0.6) is 0 Å². The molecule has 0 aliphatic carbocycles. The molecule has 0 saturated carbocycles. The van der Waals surface area contributed by atoms with Gasteiger partial charge < -0.3 is 10.1 Å². The van der Waals surface area contributed by atoms with Crippen molar-refractivity contribution >= 4 is 33.0 Å². The van der Waals surface area contributed by atoms with Crippen molar-refractivity contribution in [1.29, 1.82) is 0 Å². The van der Waals surface area contributed by atoms with E-state index in [4.69, 9.17) is 4.74 Å². The maximum atomic E-state index is 12.8. The molecule has 0 radical (unpaired) electrons. The number of thiophene rings is 1. The third-order valence-corrected chi connectivity index (χ3v) is 6.61. The summed E-state index contributed by atoms with van der Waals surface area (Å²) in [7, 11) is -3.60. The number of ether oxygens (including phenoxy) is 1. The fraction of sp³-hybridized carbons (Fsp3) is 0.353. The molecule has 1 saturated heterocycles. The van der Waals surface area contributed by atoms with Gasteiger partial charge in [0.05, 0.1) is 24.0 Å². The fourth-order valence-corrected chi connectivity index (χ4v) is 4.91. The number of carbonyl (C=O) groups excluding carboxylic acids is 1. The van der Waals surface area contributed by atoms with Gasteiger partial charge in [-0.25, -0.2) is 8.42 Å². The third-order valence-electron chi connectivity index (χ3n) is 3.87. The Bertz CT molecular complexity index is 834. The Hall–Kier alpha value is -1.74. The number of morpholine rings is 1. The molecule has 1 atom stereocenters. The molecule has 0 spiro atoms. The van der Waals surface area contributed by atoms with E-state index in [-0.39, 0.29) is 23.3 Å². The first kappa shape index (κ1) is 18.1. The second kappa shape index (κ2) is 7.65. The van der Waals surface area contributed by atoms with Crippen molar-refractivity contribution in [2.45, 2.75) is 24.3 Å². The van der Waals surface area contributed by atoms with Gasteiger partial charge in [-0.2, -0.15) is 4.31 Å². The second-order valence-electron chi connectivity index (χ2n) is 5.88. The molecule has 25 heavy (non-hydrogen) atoms. The van der Waals surface area contributed by atoms with Crippen LogP contribution in [0, 0.1) is 0 Å². The van der Waals surface area contributed by atoms with Gasteiger partial charge in [-0.15, -0.1) is 11.3 Å². The number of hydrogen-bond donors (Lipinski definition) is 1. The molecule has 1 amide bonds. The number of hydrogen-bond acceptors (Lipinski definition) is 5. The number of carbonyl (C=O) groups is 1. The highest BCUT2D eigenvalue weighted by Crippen LogP contribution is 2.22. The number of benzene rings is 1. The van der Waals surface area contributed by atoms with E-state index in [1.54, 1.807) is 18.2 Å². The Morgan fingerprint density at radius 2 is 2.20 bits per heavy atom. The predicted molar refractivity (Wildman–Crippen MR) is 97.3 cm³/mol. The summed E-state index contributed by atoms with van der Waals surface area (Å²) in [5.41, 5.74) is 0.476. The molecule has 0 bridgehead atoms. The number of nitrogens with zero attached hydrogens (tertiary/aromatic N) is 1. The molecule has 3 rings (SSSR count).